The summed E-state index contributed by atoms with van der Waals surface area (Å²) >= 11 is 0. The maximum atomic E-state index is 3.79. The van der Waals surface area contributed by atoms with Crippen LogP contribution in [0.5, 0.6) is 0 Å². The van der Waals surface area contributed by atoms with Crippen molar-refractivity contribution in [1.82, 2.24) is 10.6 Å². The second-order valence-corrected chi connectivity index (χ2v) is 6.18. The van der Waals surface area contributed by atoms with Crippen molar-refractivity contribution in [3.05, 3.63) is 34.9 Å². The van der Waals surface area contributed by atoms with E-state index >= 15 is 0 Å². The third-order valence-corrected chi connectivity index (χ3v) is 4.58. The van der Waals surface area contributed by atoms with Crippen LogP contribution in [0.15, 0.2) is 18.2 Å². The van der Waals surface area contributed by atoms with Crippen molar-refractivity contribution >= 4 is 0 Å². The Balaban J connectivity index is 1.62. The van der Waals surface area contributed by atoms with Gasteiger partial charge in [-0.05, 0) is 36.5 Å². The number of nitrogens with one attached hydrogen (secondary N) is 2. The van der Waals surface area contributed by atoms with Gasteiger partial charge in [0.25, 0.3) is 0 Å². The lowest BCUT2D eigenvalue weighted by Gasteiger charge is -2.35. The molecule has 98 valence electrons. The number of rotatable bonds is 3. The van der Waals surface area contributed by atoms with Crippen LogP contribution in [0.1, 0.15) is 55.7 Å². The Labute approximate surface area is 110 Å². The van der Waals surface area contributed by atoms with E-state index in [9.17, 15) is 0 Å². The largest absolute Gasteiger partial charge is 0.309 e. The fraction of sp³-hybridized carbons (Fsp3) is 0.625. The van der Waals surface area contributed by atoms with Gasteiger partial charge in [-0.2, -0.15) is 0 Å². The highest BCUT2D eigenvalue weighted by Crippen LogP contribution is 2.28. The van der Waals surface area contributed by atoms with Crippen LogP contribution in [0.25, 0.3) is 0 Å². The summed E-state index contributed by atoms with van der Waals surface area (Å²) in [4.78, 5) is 0. The zero-order valence-corrected chi connectivity index (χ0v) is 11.4. The van der Waals surface area contributed by atoms with Crippen molar-refractivity contribution in [2.75, 3.05) is 0 Å². The summed E-state index contributed by atoms with van der Waals surface area (Å²) in [6.45, 7) is 5.49. The van der Waals surface area contributed by atoms with Crippen LogP contribution in [-0.2, 0) is 19.6 Å². The Morgan fingerprint density at radius 1 is 1.11 bits per heavy atom. The van der Waals surface area contributed by atoms with Gasteiger partial charge in [0.05, 0.1) is 0 Å². The SMILES string of the molecule is CC1(NCc2ccc3c(c2)CNC3)CCCCC1. The number of hydrogen-bond acceptors (Lipinski definition) is 2. The molecular weight excluding hydrogens is 220 g/mol. The van der Waals surface area contributed by atoms with E-state index in [1.807, 2.05) is 0 Å². The van der Waals surface area contributed by atoms with Crippen LogP contribution in [-0.4, -0.2) is 5.54 Å². The minimum absolute atomic E-state index is 0.371. The molecule has 0 spiro atoms. The average molecular weight is 244 g/mol. The van der Waals surface area contributed by atoms with Crippen molar-refractivity contribution < 1.29 is 0 Å². The number of benzene rings is 1. The maximum absolute atomic E-state index is 3.79. The van der Waals surface area contributed by atoms with Crippen molar-refractivity contribution in [2.45, 2.75) is 64.2 Å². The van der Waals surface area contributed by atoms with Gasteiger partial charge in [0.2, 0.25) is 0 Å². The van der Waals surface area contributed by atoms with E-state index in [-0.39, 0.29) is 0 Å². The van der Waals surface area contributed by atoms with Gasteiger partial charge in [-0.1, -0.05) is 37.5 Å². The van der Waals surface area contributed by atoms with E-state index in [4.69, 9.17) is 0 Å². The molecule has 0 bridgehead atoms. The highest BCUT2D eigenvalue weighted by molar-refractivity contribution is 5.34. The van der Waals surface area contributed by atoms with E-state index in [2.05, 4.69) is 35.8 Å². The molecule has 2 N–H and O–H groups in total. The fourth-order valence-electron chi connectivity index (χ4n) is 3.28. The number of fused-ring (bicyclic) bond motifs is 1. The van der Waals surface area contributed by atoms with Crippen molar-refractivity contribution in [1.29, 1.82) is 0 Å². The molecule has 0 amide bonds. The van der Waals surface area contributed by atoms with Gasteiger partial charge >= 0.3 is 0 Å². The molecular formula is C16H24N2. The van der Waals surface area contributed by atoms with Gasteiger partial charge in [-0.15, -0.1) is 0 Å². The second kappa shape index (κ2) is 5.02. The topological polar surface area (TPSA) is 24.1 Å². The van der Waals surface area contributed by atoms with Crippen LogP contribution in [0.2, 0.25) is 0 Å². The summed E-state index contributed by atoms with van der Waals surface area (Å²) in [5.74, 6) is 0. The van der Waals surface area contributed by atoms with Crippen LogP contribution in [0.3, 0.4) is 0 Å². The molecule has 0 unspecified atom stereocenters. The molecule has 1 aliphatic heterocycles. The Bertz CT molecular complexity index is 419. The molecule has 0 atom stereocenters. The van der Waals surface area contributed by atoms with Crippen LogP contribution < -0.4 is 10.6 Å². The van der Waals surface area contributed by atoms with Gasteiger partial charge < -0.3 is 10.6 Å². The van der Waals surface area contributed by atoms with E-state index in [0.29, 0.717) is 5.54 Å². The van der Waals surface area contributed by atoms with Crippen LogP contribution in [0, 0.1) is 0 Å². The molecule has 2 heteroatoms. The first kappa shape index (κ1) is 12.2. The Morgan fingerprint density at radius 2 is 1.89 bits per heavy atom. The zero-order chi connectivity index (χ0) is 12.4. The first-order chi connectivity index (χ1) is 8.75. The van der Waals surface area contributed by atoms with Crippen molar-refractivity contribution in [2.24, 2.45) is 0 Å². The number of hydrogen-bond donors (Lipinski definition) is 2. The molecule has 1 aromatic carbocycles. The quantitative estimate of drug-likeness (QED) is 0.853. The highest BCUT2D eigenvalue weighted by atomic mass is 15.0. The molecule has 2 nitrogen and oxygen atoms in total. The summed E-state index contributed by atoms with van der Waals surface area (Å²) in [6, 6.07) is 6.94. The van der Waals surface area contributed by atoms with Crippen molar-refractivity contribution in [3.63, 3.8) is 0 Å². The first-order valence-electron chi connectivity index (χ1n) is 7.32. The molecule has 0 radical (unpaired) electrons. The van der Waals surface area contributed by atoms with Crippen LogP contribution >= 0.6 is 0 Å². The highest BCUT2D eigenvalue weighted by Gasteiger charge is 2.25. The van der Waals surface area contributed by atoms with E-state index in [1.54, 1.807) is 0 Å². The molecule has 1 fully saturated rings. The van der Waals surface area contributed by atoms with Gasteiger partial charge in [0.15, 0.2) is 0 Å². The summed E-state index contributed by atoms with van der Waals surface area (Å²) in [6.07, 6.45) is 6.86. The van der Waals surface area contributed by atoms with Gasteiger partial charge in [0.1, 0.15) is 0 Å². The first-order valence-corrected chi connectivity index (χ1v) is 7.32. The normalized spacial score (nSPS) is 21.8. The Hall–Kier alpha value is -0.860. The van der Waals surface area contributed by atoms with Gasteiger partial charge in [-0.25, -0.2) is 0 Å². The monoisotopic (exact) mass is 244 g/mol. The third kappa shape index (κ3) is 2.60. The summed E-state index contributed by atoms with van der Waals surface area (Å²) in [5.41, 5.74) is 4.77. The lowest BCUT2D eigenvalue weighted by molar-refractivity contribution is 0.252. The van der Waals surface area contributed by atoms with E-state index in [0.717, 1.165) is 19.6 Å². The lowest BCUT2D eigenvalue weighted by Crippen LogP contribution is -2.43. The van der Waals surface area contributed by atoms with Gasteiger partial charge in [-0.3, -0.25) is 0 Å². The second-order valence-electron chi connectivity index (χ2n) is 6.18. The Kier molecular flexibility index (Phi) is 3.40. The molecule has 1 saturated carbocycles. The maximum Gasteiger partial charge on any atom is 0.0212 e. The predicted molar refractivity (Wildman–Crippen MR) is 75.3 cm³/mol. The zero-order valence-electron chi connectivity index (χ0n) is 11.4. The minimum atomic E-state index is 0.371. The molecule has 2 aliphatic rings. The summed E-state index contributed by atoms with van der Waals surface area (Å²) in [7, 11) is 0. The summed E-state index contributed by atoms with van der Waals surface area (Å²) < 4.78 is 0. The van der Waals surface area contributed by atoms with E-state index in [1.165, 1.54) is 48.8 Å². The standard InChI is InChI=1S/C16H24N2/c1-16(7-3-2-4-8-16)18-10-13-5-6-14-11-17-12-15(14)9-13/h5-6,9,17-18H,2-4,7-8,10-12H2,1H3. The fourth-order valence-corrected chi connectivity index (χ4v) is 3.28. The molecule has 1 heterocycles. The van der Waals surface area contributed by atoms with E-state index < -0.39 is 0 Å². The molecule has 1 aliphatic carbocycles. The predicted octanol–water partition coefficient (Wildman–Crippen LogP) is 3.10. The lowest BCUT2D eigenvalue weighted by atomic mass is 9.83. The molecule has 0 aromatic heterocycles. The molecule has 0 saturated heterocycles. The smallest absolute Gasteiger partial charge is 0.0212 e. The third-order valence-electron chi connectivity index (χ3n) is 4.58. The van der Waals surface area contributed by atoms with Crippen LogP contribution in [0.4, 0.5) is 0 Å². The molecule has 18 heavy (non-hydrogen) atoms. The molecule has 3 rings (SSSR count). The average Bonchev–Trinajstić information content (AvgIpc) is 2.85. The Morgan fingerprint density at radius 3 is 2.72 bits per heavy atom. The summed E-state index contributed by atoms with van der Waals surface area (Å²) in [5, 5.41) is 7.19. The minimum Gasteiger partial charge on any atom is -0.309 e. The van der Waals surface area contributed by atoms with Gasteiger partial charge in [0, 0.05) is 25.2 Å². The molecule has 1 aromatic rings. The van der Waals surface area contributed by atoms with Crippen molar-refractivity contribution in [3.8, 4) is 0 Å².